The Morgan fingerprint density at radius 3 is 2.77 bits per heavy atom. The first-order chi connectivity index (χ1) is 12.6. The van der Waals surface area contributed by atoms with Crippen LogP contribution in [0.1, 0.15) is 38.5 Å². The molecule has 1 aromatic carbocycles. The number of benzene rings is 1. The van der Waals surface area contributed by atoms with E-state index in [9.17, 15) is 19.5 Å². The van der Waals surface area contributed by atoms with Gasteiger partial charge in [-0.15, -0.1) is 0 Å². The molecule has 4 rings (SSSR count). The maximum Gasteiger partial charge on any atom is 0.419 e. The standard InChI is InChI=1S/C19H22N2O5/c22-17(9-10-20-14-7-3-4-8-16(14)26-19(20)25)21-13-6-2-1-5-12(13)11-15(21)18(23)24/h3-4,7-8,12-13,15H,1-2,5-6,9-11H2,(H,23,24)/t12-,13+,15+/m1/s1. The highest BCUT2D eigenvalue weighted by Gasteiger charge is 2.47. The molecule has 0 bridgehead atoms. The second kappa shape index (κ2) is 6.63. The number of carbonyl (C=O) groups is 2. The molecule has 1 saturated carbocycles. The lowest BCUT2D eigenvalue weighted by molar-refractivity contribution is -0.150. The van der Waals surface area contributed by atoms with Crippen molar-refractivity contribution >= 4 is 23.0 Å². The number of carbonyl (C=O) groups excluding carboxylic acids is 1. The van der Waals surface area contributed by atoms with Crippen molar-refractivity contribution in [2.24, 2.45) is 5.92 Å². The van der Waals surface area contributed by atoms with E-state index < -0.39 is 17.8 Å². The molecule has 138 valence electrons. The van der Waals surface area contributed by atoms with Crippen molar-refractivity contribution < 1.29 is 19.1 Å². The van der Waals surface area contributed by atoms with Crippen LogP contribution in [0.2, 0.25) is 0 Å². The van der Waals surface area contributed by atoms with E-state index in [1.165, 1.54) is 4.57 Å². The van der Waals surface area contributed by atoms with Gasteiger partial charge in [0.1, 0.15) is 6.04 Å². The van der Waals surface area contributed by atoms with Crippen LogP contribution < -0.4 is 5.76 Å². The fraction of sp³-hybridized carbons (Fsp3) is 0.526. The third-order valence-electron chi connectivity index (χ3n) is 5.78. The molecule has 3 atom stereocenters. The van der Waals surface area contributed by atoms with Crippen LogP contribution in [0.5, 0.6) is 0 Å². The molecule has 0 radical (unpaired) electrons. The van der Waals surface area contributed by atoms with E-state index in [1.807, 2.05) is 6.07 Å². The van der Waals surface area contributed by atoms with Crippen molar-refractivity contribution in [2.75, 3.05) is 0 Å². The van der Waals surface area contributed by atoms with Crippen molar-refractivity contribution in [2.45, 2.75) is 57.2 Å². The lowest BCUT2D eigenvalue weighted by Crippen LogP contribution is -2.46. The summed E-state index contributed by atoms with van der Waals surface area (Å²) in [5.74, 6) is -1.33. The first kappa shape index (κ1) is 16.9. The first-order valence-electron chi connectivity index (χ1n) is 9.18. The summed E-state index contributed by atoms with van der Waals surface area (Å²) in [4.78, 5) is 38.2. The predicted octanol–water partition coefficient (Wildman–Crippen LogP) is 2.23. The lowest BCUT2D eigenvalue weighted by Gasteiger charge is -2.33. The van der Waals surface area contributed by atoms with Crippen LogP contribution in [0.4, 0.5) is 0 Å². The Labute approximate surface area is 150 Å². The van der Waals surface area contributed by atoms with Gasteiger partial charge in [-0.05, 0) is 37.3 Å². The molecule has 0 unspecified atom stereocenters. The van der Waals surface area contributed by atoms with Crippen molar-refractivity contribution in [1.82, 2.24) is 9.47 Å². The Balaban J connectivity index is 1.54. The number of fused-ring (bicyclic) bond motifs is 2. The lowest BCUT2D eigenvalue weighted by atomic mass is 9.84. The molecule has 1 amide bonds. The van der Waals surface area contributed by atoms with E-state index in [0.29, 0.717) is 17.5 Å². The zero-order valence-electron chi connectivity index (χ0n) is 14.5. The Morgan fingerprint density at radius 1 is 1.19 bits per heavy atom. The zero-order chi connectivity index (χ0) is 18.3. The van der Waals surface area contributed by atoms with Gasteiger partial charge >= 0.3 is 11.7 Å². The number of para-hydroxylation sites is 2. The average molecular weight is 358 g/mol. The first-order valence-corrected chi connectivity index (χ1v) is 9.18. The SMILES string of the molecule is O=C(O)[C@@H]1C[C@H]2CCCC[C@@H]2N1C(=O)CCn1c(=O)oc2ccccc21. The number of carboxylic acids is 1. The molecule has 1 aliphatic heterocycles. The average Bonchev–Trinajstić information content (AvgIpc) is 3.17. The monoisotopic (exact) mass is 358 g/mol. The van der Waals surface area contributed by atoms with Gasteiger partial charge in [0.05, 0.1) is 5.52 Å². The fourth-order valence-corrected chi connectivity index (χ4v) is 4.60. The van der Waals surface area contributed by atoms with Crippen molar-refractivity contribution in [3.05, 3.63) is 34.8 Å². The van der Waals surface area contributed by atoms with Gasteiger partial charge in [-0.1, -0.05) is 25.0 Å². The maximum absolute atomic E-state index is 12.9. The summed E-state index contributed by atoms with van der Waals surface area (Å²) in [5, 5.41) is 9.55. The van der Waals surface area contributed by atoms with Crippen LogP contribution in [-0.4, -0.2) is 38.5 Å². The molecule has 2 aliphatic rings. The highest BCUT2D eigenvalue weighted by molar-refractivity contribution is 5.85. The van der Waals surface area contributed by atoms with Gasteiger partial charge in [-0.2, -0.15) is 0 Å². The molecule has 0 spiro atoms. The molecule has 1 aliphatic carbocycles. The number of likely N-dealkylation sites (tertiary alicyclic amines) is 1. The molecule has 1 aromatic heterocycles. The van der Waals surface area contributed by atoms with Gasteiger partial charge in [-0.3, -0.25) is 9.36 Å². The zero-order valence-corrected chi connectivity index (χ0v) is 14.5. The summed E-state index contributed by atoms with van der Waals surface area (Å²) in [6.07, 6.45) is 4.63. The molecule has 26 heavy (non-hydrogen) atoms. The van der Waals surface area contributed by atoms with Crippen LogP contribution in [0.3, 0.4) is 0 Å². The molecular weight excluding hydrogens is 336 g/mol. The van der Waals surface area contributed by atoms with Gasteiger partial charge in [0, 0.05) is 19.0 Å². The van der Waals surface area contributed by atoms with Gasteiger partial charge < -0.3 is 14.4 Å². The van der Waals surface area contributed by atoms with Crippen LogP contribution in [0.25, 0.3) is 11.1 Å². The smallest absolute Gasteiger partial charge is 0.419 e. The van der Waals surface area contributed by atoms with Gasteiger partial charge in [0.2, 0.25) is 5.91 Å². The van der Waals surface area contributed by atoms with Crippen LogP contribution in [0, 0.1) is 5.92 Å². The molecular formula is C19H22N2O5. The molecule has 2 aromatic rings. The van der Waals surface area contributed by atoms with Crippen LogP contribution in [-0.2, 0) is 16.1 Å². The topological polar surface area (TPSA) is 92.8 Å². The molecule has 1 saturated heterocycles. The normalized spacial score (nSPS) is 25.4. The third kappa shape index (κ3) is 2.81. The van der Waals surface area contributed by atoms with Gasteiger partial charge in [0.15, 0.2) is 5.58 Å². The van der Waals surface area contributed by atoms with E-state index in [1.54, 1.807) is 23.1 Å². The number of amides is 1. The second-order valence-electron chi connectivity index (χ2n) is 7.24. The fourth-order valence-electron chi connectivity index (χ4n) is 4.60. The highest BCUT2D eigenvalue weighted by atomic mass is 16.4. The number of aliphatic carboxylic acids is 1. The Morgan fingerprint density at radius 2 is 1.96 bits per heavy atom. The van der Waals surface area contributed by atoms with Crippen molar-refractivity contribution in [1.29, 1.82) is 0 Å². The number of rotatable bonds is 4. The van der Waals surface area contributed by atoms with E-state index in [2.05, 4.69) is 0 Å². The molecule has 2 heterocycles. The van der Waals surface area contributed by atoms with Crippen molar-refractivity contribution in [3.63, 3.8) is 0 Å². The van der Waals surface area contributed by atoms with Gasteiger partial charge in [0.25, 0.3) is 0 Å². The van der Waals surface area contributed by atoms with E-state index >= 15 is 0 Å². The molecule has 2 fully saturated rings. The Kier molecular flexibility index (Phi) is 4.30. The summed E-state index contributed by atoms with van der Waals surface area (Å²) >= 11 is 0. The van der Waals surface area contributed by atoms with E-state index in [0.717, 1.165) is 25.7 Å². The molecule has 1 N–H and O–H groups in total. The number of oxazole rings is 1. The minimum Gasteiger partial charge on any atom is -0.480 e. The minimum absolute atomic E-state index is 0.0233. The number of hydrogen-bond donors (Lipinski definition) is 1. The molecule has 7 heteroatoms. The van der Waals surface area contributed by atoms with Gasteiger partial charge in [-0.25, -0.2) is 9.59 Å². The summed E-state index contributed by atoms with van der Waals surface area (Å²) in [6, 6.07) is 6.36. The van der Waals surface area contributed by atoms with E-state index in [4.69, 9.17) is 4.42 Å². The number of hydrogen-bond acceptors (Lipinski definition) is 4. The number of aryl methyl sites for hydroxylation is 1. The van der Waals surface area contributed by atoms with Crippen LogP contribution >= 0.6 is 0 Å². The Bertz CT molecular complexity index is 899. The summed E-state index contributed by atoms with van der Waals surface area (Å²) in [6.45, 7) is 0.189. The maximum atomic E-state index is 12.9. The second-order valence-corrected chi connectivity index (χ2v) is 7.24. The number of aromatic nitrogens is 1. The molecule has 7 nitrogen and oxygen atoms in total. The summed E-state index contributed by atoms with van der Waals surface area (Å²) in [5.41, 5.74) is 1.14. The van der Waals surface area contributed by atoms with Crippen molar-refractivity contribution in [3.8, 4) is 0 Å². The number of carboxylic acid groups (broad SMARTS) is 1. The summed E-state index contributed by atoms with van der Waals surface area (Å²) < 4.78 is 6.63. The highest BCUT2D eigenvalue weighted by Crippen LogP contribution is 2.40. The Hall–Kier alpha value is -2.57. The predicted molar refractivity (Wildman–Crippen MR) is 93.7 cm³/mol. The third-order valence-corrected chi connectivity index (χ3v) is 5.78. The van der Waals surface area contributed by atoms with Crippen LogP contribution in [0.15, 0.2) is 33.5 Å². The minimum atomic E-state index is -0.932. The number of nitrogens with zero attached hydrogens (tertiary/aromatic N) is 2. The largest absolute Gasteiger partial charge is 0.480 e. The summed E-state index contributed by atoms with van der Waals surface area (Å²) in [7, 11) is 0. The van der Waals surface area contributed by atoms with E-state index in [-0.39, 0.29) is 30.8 Å². The quantitative estimate of drug-likeness (QED) is 0.905.